The van der Waals surface area contributed by atoms with Gasteiger partial charge in [-0.1, -0.05) is 68.0 Å². The number of hydrogen-bond acceptors (Lipinski definition) is 6. The van der Waals surface area contributed by atoms with Crippen molar-refractivity contribution in [3.05, 3.63) is 139 Å². The van der Waals surface area contributed by atoms with E-state index in [0.29, 0.717) is 28.0 Å². The molecule has 4 aromatic rings. The molecule has 6 nitrogen and oxygen atoms in total. The van der Waals surface area contributed by atoms with Crippen LogP contribution in [0.4, 0.5) is 4.39 Å². The number of rotatable bonds is 8. The molecule has 0 saturated carbocycles. The maximum Gasteiger partial charge on any atom is 0.338 e. The number of ether oxygens (including phenoxy) is 3. The van der Waals surface area contributed by atoms with Crippen LogP contribution in [0.3, 0.4) is 0 Å². The highest BCUT2D eigenvalue weighted by molar-refractivity contribution is 5.89. The Morgan fingerprint density at radius 3 is 1.64 bits per heavy atom. The summed E-state index contributed by atoms with van der Waals surface area (Å²) in [6.07, 6.45) is 1.00. The second kappa shape index (κ2) is 13.8. The van der Waals surface area contributed by atoms with Gasteiger partial charge < -0.3 is 14.2 Å². The molecule has 0 N–H and O–H groups in total. The molecule has 0 radical (unpaired) electrons. The smallest absolute Gasteiger partial charge is 0.338 e. The van der Waals surface area contributed by atoms with Crippen LogP contribution >= 0.6 is 0 Å². The van der Waals surface area contributed by atoms with Crippen LogP contribution in [0.15, 0.2) is 122 Å². The van der Waals surface area contributed by atoms with Gasteiger partial charge in [0.1, 0.15) is 23.1 Å². The number of carbonyl (C=O) groups is 3. The predicted octanol–water partition coefficient (Wildman–Crippen LogP) is 7.61. The highest BCUT2D eigenvalue weighted by Crippen LogP contribution is 2.34. The molecule has 0 bridgehead atoms. The molecule has 0 amide bonds. The normalized spacial score (nSPS) is 10.1. The van der Waals surface area contributed by atoms with E-state index in [0.717, 1.165) is 17.2 Å². The average Bonchev–Trinajstić information content (AvgIpc) is 3.02. The second-order valence-electron chi connectivity index (χ2n) is 9.67. The van der Waals surface area contributed by atoms with Crippen molar-refractivity contribution >= 4 is 17.9 Å². The Bertz CT molecular complexity index is 1840. The first-order valence-corrected chi connectivity index (χ1v) is 13.3. The van der Waals surface area contributed by atoms with Crippen LogP contribution in [0.2, 0.25) is 0 Å². The Kier molecular flexibility index (Phi) is 9.69. The van der Waals surface area contributed by atoms with Crippen molar-refractivity contribution in [2.24, 2.45) is 0 Å². The van der Waals surface area contributed by atoms with Gasteiger partial charge in [0, 0.05) is 34.4 Å². The first-order valence-electron chi connectivity index (χ1n) is 13.3. The fraction of sp³-hybridized carbons (Fsp3) is 0.0541. The van der Waals surface area contributed by atoms with Crippen molar-refractivity contribution < 1.29 is 33.0 Å². The van der Waals surface area contributed by atoms with E-state index < -0.39 is 23.7 Å². The summed E-state index contributed by atoms with van der Waals surface area (Å²) in [7, 11) is 0. The minimum atomic E-state index is -0.721. The van der Waals surface area contributed by atoms with Crippen molar-refractivity contribution in [3.63, 3.8) is 0 Å². The quantitative estimate of drug-likeness (QED) is 0.0915. The van der Waals surface area contributed by atoms with Crippen LogP contribution in [0, 0.1) is 17.7 Å². The molecule has 0 fully saturated rings. The van der Waals surface area contributed by atoms with E-state index in [-0.39, 0.29) is 22.6 Å². The van der Waals surface area contributed by atoms with Gasteiger partial charge in [-0.3, -0.25) is 0 Å². The van der Waals surface area contributed by atoms with E-state index in [9.17, 15) is 14.4 Å². The van der Waals surface area contributed by atoms with Crippen LogP contribution in [0.25, 0.3) is 22.3 Å². The Balaban J connectivity index is 1.57. The third-order valence-electron chi connectivity index (χ3n) is 6.14. The molecule has 0 unspecified atom stereocenters. The lowest BCUT2D eigenvalue weighted by Crippen LogP contribution is -2.08. The first kappa shape index (κ1) is 30.9. The van der Waals surface area contributed by atoms with Gasteiger partial charge in [-0.15, -0.1) is 0 Å². The zero-order chi connectivity index (χ0) is 31.8. The van der Waals surface area contributed by atoms with E-state index in [2.05, 4.69) is 31.6 Å². The molecule has 0 heterocycles. The van der Waals surface area contributed by atoms with E-state index in [1.807, 2.05) is 24.3 Å². The van der Waals surface area contributed by atoms with E-state index in [1.165, 1.54) is 31.2 Å². The molecule has 0 aliphatic rings. The van der Waals surface area contributed by atoms with Crippen LogP contribution in [-0.4, -0.2) is 17.9 Å². The zero-order valence-electron chi connectivity index (χ0n) is 24.1. The number of carbonyl (C=O) groups excluding carboxylic acids is 3. The van der Waals surface area contributed by atoms with Gasteiger partial charge in [-0.2, -0.15) is 0 Å². The monoisotopic (exact) mass is 586 g/mol. The fourth-order valence-electron chi connectivity index (χ4n) is 3.80. The van der Waals surface area contributed by atoms with Crippen LogP contribution in [-0.2, 0) is 14.4 Å². The molecule has 4 rings (SSSR count). The third kappa shape index (κ3) is 7.84. The summed E-state index contributed by atoms with van der Waals surface area (Å²) in [6.45, 7) is 13.7. The van der Waals surface area contributed by atoms with Crippen molar-refractivity contribution in [3.8, 4) is 51.3 Å². The Labute approximate surface area is 254 Å². The van der Waals surface area contributed by atoms with Gasteiger partial charge in [0.2, 0.25) is 0 Å². The summed E-state index contributed by atoms with van der Waals surface area (Å²) < 4.78 is 31.1. The zero-order valence-corrected chi connectivity index (χ0v) is 24.1. The van der Waals surface area contributed by atoms with Crippen LogP contribution < -0.4 is 14.2 Å². The highest BCUT2D eigenvalue weighted by atomic mass is 19.1. The Morgan fingerprint density at radius 2 is 1.16 bits per heavy atom. The largest absolute Gasteiger partial charge is 0.423 e. The Hall–Kier alpha value is -6.00. The first-order chi connectivity index (χ1) is 21.0. The minimum absolute atomic E-state index is 0.0246. The maximum atomic E-state index is 15.2. The maximum absolute atomic E-state index is 15.2. The van der Waals surface area contributed by atoms with Gasteiger partial charge in [-0.05, 0) is 73.0 Å². The number of benzene rings is 4. The molecule has 4 aromatic carbocycles. The number of hydrogen-bond donors (Lipinski definition) is 0. The van der Waals surface area contributed by atoms with E-state index in [1.54, 1.807) is 43.3 Å². The van der Waals surface area contributed by atoms with E-state index in [4.69, 9.17) is 14.2 Å². The molecule has 218 valence electrons. The van der Waals surface area contributed by atoms with Gasteiger partial charge in [0.05, 0.1) is 5.56 Å². The number of halogens is 1. The van der Waals surface area contributed by atoms with Gasteiger partial charge in [0.25, 0.3) is 0 Å². The van der Waals surface area contributed by atoms with Crippen molar-refractivity contribution in [2.45, 2.75) is 13.8 Å². The van der Waals surface area contributed by atoms with Gasteiger partial charge >= 0.3 is 17.9 Å². The summed E-state index contributed by atoms with van der Waals surface area (Å²) in [5, 5.41) is 0. The Morgan fingerprint density at radius 1 is 0.682 bits per heavy atom. The highest BCUT2D eigenvalue weighted by Gasteiger charge is 2.15. The predicted molar refractivity (Wildman–Crippen MR) is 166 cm³/mol. The molecule has 0 atom stereocenters. The molecular formula is C37H27FO6. The van der Waals surface area contributed by atoms with Crippen molar-refractivity contribution in [1.82, 2.24) is 0 Å². The molecule has 7 heteroatoms. The molecule has 0 aliphatic carbocycles. The molecule has 0 aliphatic heterocycles. The molecule has 44 heavy (non-hydrogen) atoms. The molecule has 0 aromatic heterocycles. The average molecular weight is 587 g/mol. The number of esters is 3. The summed E-state index contributed by atoms with van der Waals surface area (Å²) in [6, 6.07) is 23.2. The van der Waals surface area contributed by atoms with Gasteiger partial charge in [-0.25, -0.2) is 18.8 Å². The summed E-state index contributed by atoms with van der Waals surface area (Å²) in [4.78, 5) is 35.6. The summed E-state index contributed by atoms with van der Waals surface area (Å²) >= 11 is 0. The third-order valence-corrected chi connectivity index (χ3v) is 6.14. The molecule has 0 spiro atoms. The minimum Gasteiger partial charge on any atom is -0.423 e. The molecule has 0 saturated heterocycles. The molecular weight excluding hydrogens is 559 g/mol. The van der Waals surface area contributed by atoms with Crippen LogP contribution in [0.5, 0.6) is 17.2 Å². The standard InChI is InChI=1S/C37H27FO6/c1-6-35(39)44-34-21-29(33(38)22-32(34)28-15-19-31(20-16-28)43-37(41)24(4)5)12-9-25-7-10-26(11-8-25)27-13-17-30(18-14-27)42-36(40)23(2)3/h6-8,10-11,13-22H,1-2,4H2,3,5H3. The fourth-order valence-corrected chi connectivity index (χ4v) is 3.80. The SMILES string of the molecule is C=CC(=O)Oc1cc(C#Cc2ccc(-c3ccc(OC(=O)C(=C)C)cc3)cc2)c(F)cc1-c1ccc(OC(=O)C(=C)C)cc1. The summed E-state index contributed by atoms with van der Waals surface area (Å²) in [5.41, 5.74) is 3.84. The van der Waals surface area contributed by atoms with Crippen molar-refractivity contribution in [2.75, 3.05) is 0 Å². The lowest BCUT2D eigenvalue weighted by Gasteiger charge is -2.12. The lowest BCUT2D eigenvalue weighted by atomic mass is 10.0. The second-order valence-corrected chi connectivity index (χ2v) is 9.67. The van der Waals surface area contributed by atoms with E-state index >= 15 is 4.39 Å². The topological polar surface area (TPSA) is 78.9 Å². The lowest BCUT2D eigenvalue weighted by molar-refractivity contribution is -0.130. The van der Waals surface area contributed by atoms with Crippen molar-refractivity contribution in [1.29, 1.82) is 0 Å². The van der Waals surface area contributed by atoms with Gasteiger partial charge in [0.15, 0.2) is 0 Å². The van der Waals surface area contributed by atoms with Crippen LogP contribution in [0.1, 0.15) is 25.0 Å². The summed E-state index contributed by atoms with van der Waals surface area (Å²) in [5.74, 6) is 4.13.